The lowest BCUT2D eigenvalue weighted by molar-refractivity contribution is -0.171. The van der Waals surface area contributed by atoms with Crippen molar-refractivity contribution in [2.75, 3.05) is 18.1 Å². The number of aldehydes is 1. The van der Waals surface area contributed by atoms with Gasteiger partial charge in [0, 0.05) is 43.1 Å². The van der Waals surface area contributed by atoms with E-state index in [1.165, 1.54) is 24.3 Å². The third-order valence-electron chi connectivity index (χ3n) is 6.82. The van der Waals surface area contributed by atoms with E-state index in [0.29, 0.717) is 35.6 Å². The fourth-order valence-corrected chi connectivity index (χ4v) is 5.93. The molecule has 5 atom stereocenters. The zero-order valence-corrected chi connectivity index (χ0v) is 28.6. The molecule has 2 rings (SSSR count). The lowest BCUT2D eigenvalue weighted by Crippen LogP contribution is -2.38. The van der Waals surface area contributed by atoms with Crippen LogP contribution in [0.15, 0.2) is 28.5 Å². The first-order valence-electron chi connectivity index (χ1n) is 14.5. The summed E-state index contributed by atoms with van der Waals surface area (Å²) in [6, 6.07) is 4.28. The van der Waals surface area contributed by atoms with Gasteiger partial charge in [0.25, 0.3) is 5.91 Å². The number of thiol groups is 1. The second-order valence-corrected chi connectivity index (χ2v) is 13.1. The number of ether oxygens (including phenoxy) is 1. The zero-order valence-electron chi connectivity index (χ0n) is 26.0. The molecule has 2 aromatic rings. The Hall–Kier alpha value is -2.94. The van der Waals surface area contributed by atoms with Gasteiger partial charge in [-0.25, -0.2) is 10.2 Å². The van der Waals surface area contributed by atoms with Crippen molar-refractivity contribution in [1.29, 1.82) is 0 Å². The Kier molecular flexibility index (Phi) is 16.6. The van der Waals surface area contributed by atoms with Crippen molar-refractivity contribution in [2.24, 2.45) is 16.7 Å². The van der Waals surface area contributed by atoms with E-state index in [0.717, 1.165) is 6.29 Å². The summed E-state index contributed by atoms with van der Waals surface area (Å²) in [7, 11) is -0.931. The number of esters is 1. The van der Waals surface area contributed by atoms with E-state index >= 15 is 0 Å². The summed E-state index contributed by atoms with van der Waals surface area (Å²) in [5.74, 6) is -0.779. The number of benzene rings is 1. The molecule has 1 aromatic carbocycles. The zero-order chi connectivity index (χ0) is 33.5. The van der Waals surface area contributed by atoms with Gasteiger partial charge in [0.15, 0.2) is 6.10 Å². The van der Waals surface area contributed by atoms with E-state index in [1.54, 1.807) is 24.4 Å². The number of hydrogen-bond acceptors (Lipinski definition) is 12. The maximum Gasteiger partial charge on any atom is 0.425 e. The molecular formula is C29H42N5O8PS2. The number of aromatic nitrogens is 1. The summed E-state index contributed by atoms with van der Waals surface area (Å²) in [6.07, 6.45) is 1.97. The molecule has 2 amide bonds. The maximum atomic E-state index is 13.4. The molecule has 45 heavy (non-hydrogen) atoms. The summed E-state index contributed by atoms with van der Waals surface area (Å²) < 4.78 is 10.7. The maximum absolute atomic E-state index is 13.4. The van der Waals surface area contributed by atoms with Gasteiger partial charge >= 0.3 is 14.1 Å². The highest BCUT2D eigenvalue weighted by atomic mass is 32.1. The number of carbonyl (C=O) groups excluding carboxylic acids is 4. The molecule has 0 saturated heterocycles. The number of nitrogens with zero attached hydrogens (tertiary/aromatic N) is 2. The predicted molar refractivity (Wildman–Crippen MR) is 174 cm³/mol. The van der Waals surface area contributed by atoms with Crippen LogP contribution in [0.2, 0.25) is 0 Å². The normalized spacial score (nSPS) is 14.3. The molecular weight excluding hydrogens is 641 g/mol. The summed E-state index contributed by atoms with van der Waals surface area (Å²) in [5, 5.41) is 19.8. The minimum Gasteiger partial charge on any atom is -0.574 e. The van der Waals surface area contributed by atoms with E-state index in [9.17, 15) is 24.1 Å². The molecule has 0 aliphatic rings. The first-order valence-corrected chi connectivity index (χ1v) is 17.1. The monoisotopic (exact) mass is 683 g/mol. The molecule has 1 heterocycles. The Morgan fingerprint density at radius 2 is 1.98 bits per heavy atom. The van der Waals surface area contributed by atoms with Gasteiger partial charge in [-0.1, -0.05) is 26.8 Å². The van der Waals surface area contributed by atoms with E-state index in [2.05, 4.69) is 52.3 Å². The van der Waals surface area contributed by atoms with Gasteiger partial charge in [0.2, 0.25) is 11.7 Å². The molecule has 13 nitrogen and oxygen atoms in total. The quantitative estimate of drug-likeness (QED) is 0.0471. The average molecular weight is 684 g/mol. The molecule has 3 unspecified atom stereocenters. The van der Waals surface area contributed by atoms with Crippen LogP contribution in [-0.2, 0) is 25.5 Å². The lowest BCUT2D eigenvalue weighted by atomic mass is 9.96. The Bertz CT molecular complexity index is 1330. The van der Waals surface area contributed by atoms with Crippen LogP contribution in [0.25, 0.3) is 0 Å². The van der Waals surface area contributed by atoms with Gasteiger partial charge < -0.3 is 30.4 Å². The highest BCUT2D eigenvalue weighted by Crippen LogP contribution is 2.33. The van der Waals surface area contributed by atoms with Crippen LogP contribution in [-0.4, -0.2) is 59.1 Å². The van der Waals surface area contributed by atoms with Crippen LogP contribution in [0.4, 0.5) is 5.69 Å². The molecule has 0 fully saturated rings. The molecule has 0 aliphatic carbocycles. The van der Waals surface area contributed by atoms with Crippen LogP contribution < -0.4 is 25.4 Å². The standard InChI is InChI=1S/C29H42N5O8PS2/c1-17(2)22(30-5)14-26(41-19(4)36)29-33-24(16-45-29)28(38)31-21(11-18(3)15-35)12-20-8-9-25(42-43(40)34-39)23(13-20)32-27(37)7-6-10-44/h8-9,13,15-18,21-22,26,30,39,44H,6-7,10-12,14H2,1-5H3,(H,31,38)(H,32,37)/t18?,21-,22?,26-/m1/s1. The molecule has 0 radical (unpaired) electrons. The first kappa shape index (κ1) is 38.2. The molecule has 248 valence electrons. The number of thiazole rings is 1. The second-order valence-electron chi connectivity index (χ2n) is 10.9. The number of rotatable bonds is 19. The van der Waals surface area contributed by atoms with Crippen molar-refractivity contribution in [3.8, 4) is 5.75 Å². The Morgan fingerprint density at radius 3 is 2.58 bits per heavy atom. The van der Waals surface area contributed by atoms with Gasteiger partial charge in [0.1, 0.15) is 17.0 Å². The highest BCUT2D eigenvalue weighted by molar-refractivity contribution is 7.80. The van der Waals surface area contributed by atoms with Crippen molar-refractivity contribution in [3.05, 3.63) is 39.8 Å². The fourth-order valence-electron chi connectivity index (χ4n) is 4.57. The lowest BCUT2D eigenvalue weighted by Gasteiger charge is -2.24. The highest BCUT2D eigenvalue weighted by Gasteiger charge is 2.27. The van der Waals surface area contributed by atoms with Crippen LogP contribution in [0.3, 0.4) is 0 Å². The minimum absolute atomic E-state index is 0.0362. The van der Waals surface area contributed by atoms with Crippen molar-refractivity contribution >= 4 is 61.9 Å². The van der Waals surface area contributed by atoms with Crippen LogP contribution in [0.5, 0.6) is 5.75 Å². The van der Waals surface area contributed by atoms with Gasteiger partial charge in [0.05, 0.1) is 10.6 Å². The van der Waals surface area contributed by atoms with Crippen molar-refractivity contribution in [2.45, 2.75) is 78.0 Å². The predicted octanol–water partition coefficient (Wildman–Crippen LogP) is 4.22. The van der Waals surface area contributed by atoms with E-state index in [-0.39, 0.29) is 53.8 Å². The number of hydrogen-bond donors (Lipinski definition) is 5. The van der Waals surface area contributed by atoms with Crippen molar-refractivity contribution < 1.29 is 38.5 Å². The number of amides is 2. The van der Waals surface area contributed by atoms with Crippen LogP contribution >= 0.6 is 32.1 Å². The summed E-state index contributed by atoms with van der Waals surface area (Å²) in [4.78, 5) is 68.0. The van der Waals surface area contributed by atoms with Gasteiger partial charge in [-0.2, -0.15) is 12.6 Å². The average Bonchev–Trinajstić information content (AvgIpc) is 3.49. The van der Waals surface area contributed by atoms with E-state index in [4.69, 9.17) is 14.5 Å². The molecule has 0 saturated carbocycles. The number of nitrogens with one attached hydrogen (secondary N) is 3. The van der Waals surface area contributed by atoms with Crippen molar-refractivity contribution in [3.63, 3.8) is 0 Å². The fraction of sp³-hybridized carbons (Fsp3) is 0.552. The Morgan fingerprint density at radius 1 is 1.24 bits per heavy atom. The molecule has 16 heteroatoms. The molecule has 0 spiro atoms. The van der Waals surface area contributed by atoms with Gasteiger partial charge in [-0.05, 0) is 55.7 Å². The third kappa shape index (κ3) is 13.1. The van der Waals surface area contributed by atoms with Gasteiger partial charge in [-0.3, -0.25) is 18.9 Å². The summed E-state index contributed by atoms with van der Waals surface area (Å²) >= 11 is 5.34. The largest absolute Gasteiger partial charge is 0.574 e. The SMILES string of the molecule is CNC(C[C@@H](OC(C)=O)c1nc(C(=O)N[C@@H](Cc2ccc(O[P+]([O-])=NO)c(NC(=O)CCCS)c2)CC(C)C=O)cs1)C(C)C. The van der Waals surface area contributed by atoms with Crippen LogP contribution in [0, 0.1) is 11.8 Å². The minimum atomic E-state index is -2.77. The molecule has 0 bridgehead atoms. The summed E-state index contributed by atoms with van der Waals surface area (Å²) in [6.45, 7) is 7.18. The Balaban J connectivity index is 2.31. The molecule has 1 aromatic heterocycles. The Labute approximate surface area is 273 Å². The second kappa shape index (κ2) is 19.5. The van der Waals surface area contributed by atoms with Gasteiger partial charge in [-0.15, -0.1) is 11.3 Å². The first-order chi connectivity index (χ1) is 21.4. The number of carbonyl (C=O) groups is 4. The topological polar surface area (TPSA) is 191 Å². The smallest absolute Gasteiger partial charge is 0.425 e. The third-order valence-corrected chi connectivity index (χ3v) is 8.57. The van der Waals surface area contributed by atoms with E-state index in [1.807, 2.05) is 7.05 Å². The summed E-state index contributed by atoms with van der Waals surface area (Å²) in [5.41, 5.74) is 1.03. The molecule has 4 N–H and O–H groups in total. The molecule has 0 aliphatic heterocycles. The number of anilines is 1. The van der Waals surface area contributed by atoms with Crippen LogP contribution in [0.1, 0.15) is 80.5 Å². The van der Waals surface area contributed by atoms with Crippen molar-refractivity contribution in [1.82, 2.24) is 15.6 Å². The van der Waals surface area contributed by atoms with E-state index < -0.39 is 32.2 Å².